The Morgan fingerprint density at radius 1 is 1.03 bits per heavy atom. The number of rotatable bonds is 4. The van der Waals surface area contributed by atoms with Crippen LogP contribution in [0.1, 0.15) is 36.8 Å². The highest BCUT2D eigenvalue weighted by Crippen LogP contribution is 2.37. The molecule has 12 heteroatoms. The summed E-state index contributed by atoms with van der Waals surface area (Å²) < 4.78 is 81.0. The third-order valence-electron chi connectivity index (χ3n) is 7.29. The summed E-state index contributed by atoms with van der Waals surface area (Å²) in [5.74, 6) is -4.22. The van der Waals surface area contributed by atoms with E-state index in [-0.39, 0.29) is 36.0 Å². The molecule has 0 atom stereocenters. The zero-order valence-corrected chi connectivity index (χ0v) is 21.2. The van der Waals surface area contributed by atoms with E-state index in [0.717, 1.165) is 25.7 Å². The van der Waals surface area contributed by atoms with Crippen LogP contribution in [0.25, 0.3) is 11.1 Å². The molecule has 39 heavy (non-hydrogen) atoms. The van der Waals surface area contributed by atoms with Gasteiger partial charge in [0.05, 0.1) is 12.1 Å². The number of ether oxygens (including phenoxy) is 1. The summed E-state index contributed by atoms with van der Waals surface area (Å²) in [4.78, 5) is 25.0. The van der Waals surface area contributed by atoms with Crippen LogP contribution in [0, 0.1) is 24.4 Å². The van der Waals surface area contributed by atoms with Crippen molar-refractivity contribution in [2.45, 2.75) is 57.0 Å². The summed E-state index contributed by atoms with van der Waals surface area (Å²) >= 11 is 0. The van der Waals surface area contributed by atoms with E-state index in [0.29, 0.717) is 42.4 Å². The second-order valence-electron chi connectivity index (χ2n) is 10.2. The minimum absolute atomic E-state index is 0.0443. The monoisotopic (exact) mass is 558 g/mol. The Morgan fingerprint density at radius 3 is 2.13 bits per heavy atom. The number of aliphatic carboxylic acids is 1. The lowest BCUT2D eigenvalue weighted by Gasteiger charge is -2.47. The zero-order chi connectivity index (χ0) is 28.5. The van der Waals surface area contributed by atoms with Gasteiger partial charge in [-0.05, 0) is 73.6 Å². The molecule has 3 fully saturated rings. The van der Waals surface area contributed by atoms with Gasteiger partial charge in [-0.15, -0.1) is 0 Å². The largest absolute Gasteiger partial charge is 0.490 e. The maximum Gasteiger partial charge on any atom is 0.490 e. The number of nitrogens with zero attached hydrogens (tertiary/aromatic N) is 2. The normalized spacial score (nSPS) is 19.6. The third kappa shape index (κ3) is 6.91. The van der Waals surface area contributed by atoms with Crippen molar-refractivity contribution in [1.82, 2.24) is 9.80 Å². The lowest BCUT2D eigenvalue weighted by atomic mass is 9.89. The molecule has 2 aliphatic heterocycles. The number of morpholine rings is 1. The van der Waals surface area contributed by atoms with Crippen LogP contribution < -0.4 is 0 Å². The van der Waals surface area contributed by atoms with E-state index in [4.69, 9.17) is 14.6 Å². The Balaban J connectivity index is 0.000000448. The van der Waals surface area contributed by atoms with Gasteiger partial charge in [0.15, 0.2) is 0 Å². The van der Waals surface area contributed by atoms with Crippen molar-refractivity contribution in [3.05, 3.63) is 58.9 Å². The topological polar surface area (TPSA) is 70.1 Å². The lowest BCUT2D eigenvalue weighted by Crippen LogP contribution is -2.59. The van der Waals surface area contributed by atoms with Gasteiger partial charge in [-0.2, -0.15) is 13.2 Å². The molecule has 212 valence electrons. The fourth-order valence-electron chi connectivity index (χ4n) is 4.85. The Morgan fingerprint density at radius 2 is 1.62 bits per heavy atom. The SMILES string of the molecule is Cc1cc(-c2cc(F)c(CN3CCC4(CC3)CN(C3CC3)C(=O)CO4)c(F)c2)ccc1F.O=C(O)C(F)(F)F. The maximum atomic E-state index is 14.9. The van der Waals surface area contributed by atoms with Gasteiger partial charge < -0.3 is 14.7 Å². The van der Waals surface area contributed by atoms with Crippen LogP contribution in [0.4, 0.5) is 26.3 Å². The first-order valence-electron chi connectivity index (χ1n) is 12.5. The lowest BCUT2D eigenvalue weighted by molar-refractivity contribution is -0.192. The van der Waals surface area contributed by atoms with Gasteiger partial charge in [0.1, 0.15) is 24.1 Å². The van der Waals surface area contributed by atoms with Gasteiger partial charge in [0.25, 0.3) is 0 Å². The summed E-state index contributed by atoms with van der Waals surface area (Å²) in [6.07, 6.45) is -1.47. The molecule has 6 nitrogen and oxygen atoms in total. The van der Waals surface area contributed by atoms with E-state index >= 15 is 0 Å². The van der Waals surface area contributed by atoms with E-state index in [2.05, 4.69) is 0 Å². The molecule has 0 aromatic heterocycles. The highest BCUT2D eigenvalue weighted by molar-refractivity contribution is 5.79. The highest BCUT2D eigenvalue weighted by atomic mass is 19.4. The number of aryl methyl sites for hydroxylation is 1. The number of hydrogen-bond donors (Lipinski definition) is 1. The smallest absolute Gasteiger partial charge is 0.475 e. The van der Waals surface area contributed by atoms with Crippen molar-refractivity contribution in [1.29, 1.82) is 0 Å². The molecule has 0 unspecified atom stereocenters. The van der Waals surface area contributed by atoms with Gasteiger partial charge in [-0.25, -0.2) is 18.0 Å². The number of carboxylic acid groups (broad SMARTS) is 1. The number of carbonyl (C=O) groups is 2. The maximum absolute atomic E-state index is 14.9. The van der Waals surface area contributed by atoms with Crippen LogP contribution >= 0.6 is 0 Å². The summed E-state index contributed by atoms with van der Waals surface area (Å²) in [6.45, 7) is 3.87. The first kappa shape index (κ1) is 28.9. The van der Waals surface area contributed by atoms with E-state index < -0.39 is 23.8 Å². The van der Waals surface area contributed by atoms with Crippen molar-refractivity contribution >= 4 is 11.9 Å². The summed E-state index contributed by atoms with van der Waals surface area (Å²) in [5, 5.41) is 7.12. The number of carbonyl (C=O) groups excluding carboxylic acids is 1. The van der Waals surface area contributed by atoms with Crippen LogP contribution in [0.3, 0.4) is 0 Å². The van der Waals surface area contributed by atoms with Crippen molar-refractivity contribution < 1.29 is 45.8 Å². The Labute approximate surface area is 221 Å². The predicted molar refractivity (Wildman–Crippen MR) is 128 cm³/mol. The van der Waals surface area contributed by atoms with E-state index in [9.17, 15) is 31.1 Å². The molecule has 5 rings (SSSR count). The second-order valence-corrected chi connectivity index (χ2v) is 10.2. The molecule has 2 saturated heterocycles. The first-order chi connectivity index (χ1) is 18.3. The molecule has 2 heterocycles. The quantitative estimate of drug-likeness (QED) is 0.531. The summed E-state index contributed by atoms with van der Waals surface area (Å²) in [6, 6.07) is 7.43. The van der Waals surface area contributed by atoms with Gasteiger partial charge in [-0.1, -0.05) is 6.07 Å². The van der Waals surface area contributed by atoms with Crippen LogP contribution in [-0.2, 0) is 20.9 Å². The number of amides is 1. The minimum atomic E-state index is -5.08. The molecule has 1 aliphatic carbocycles. The van der Waals surface area contributed by atoms with E-state index in [1.807, 2.05) is 9.80 Å². The van der Waals surface area contributed by atoms with Crippen molar-refractivity contribution in [2.75, 3.05) is 26.2 Å². The number of halogens is 6. The highest BCUT2D eigenvalue weighted by Gasteiger charge is 2.46. The third-order valence-corrected chi connectivity index (χ3v) is 7.29. The molecular formula is C27H28F6N2O4. The second kappa shape index (κ2) is 11.2. The number of carboxylic acids is 1. The molecule has 2 aromatic carbocycles. The number of piperidine rings is 1. The molecule has 1 spiro atoms. The van der Waals surface area contributed by atoms with Crippen LogP contribution in [0.5, 0.6) is 0 Å². The van der Waals surface area contributed by atoms with Crippen molar-refractivity contribution in [3.63, 3.8) is 0 Å². The zero-order valence-electron chi connectivity index (χ0n) is 21.2. The number of likely N-dealkylation sites (tertiary alicyclic amines) is 1. The Kier molecular flexibility index (Phi) is 8.27. The van der Waals surface area contributed by atoms with Crippen LogP contribution in [0.2, 0.25) is 0 Å². The fraction of sp³-hybridized carbons (Fsp3) is 0.481. The molecule has 1 amide bonds. The minimum Gasteiger partial charge on any atom is -0.475 e. The number of alkyl halides is 3. The molecule has 0 radical (unpaired) electrons. The Hall–Kier alpha value is -3.12. The van der Waals surface area contributed by atoms with Gasteiger partial charge in [0, 0.05) is 31.2 Å². The van der Waals surface area contributed by atoms with E-state index in [1.54, 1.807) is 13.0 Å². The molecule has 0 bridgehead atoms. The van der Waals surface area contributed by atoms with Crippen molar-refractivity contribution in [2.24, 2.45) is 0 Å². The average Bonchev–Trinajstić information content (AvgIpc) is 3.71. The Bertz CT molecular complexity index is 1220. The van der Waals surface area contributed by atoms with Gasteiger partial charge in [-0.3, -0.25) is 9.69 Å². The number of hydrogen-bond acceptors (Lipinski definition) is 4. The predicted octanol–water partition coefficient (Wildman–Crippen LogP) is 5.07. The molecular weight excluding hydrogens is 530 g/mol. The van der Waals surface area contributed by atoms with E-state index in [1.165, 1.54) is 24.3 Å². The molecule has 1 N–H and O–H groups in total. The van der Waals surface area contributed by atoms with Crippen LogP contribution in [-0.4, -0.2) is 70.8 Å². The summed E-state index contributed by atoms with van der Waals surface area (Å²) in [7, 11) is 0. The average molecular weight is 559 g/mol. The standard InChI is InChI=1S/C25H27F3N2O2.C2HF3O2/c1-16-10-17(2-5-21(16)26)18-11-22(27)20(23(28)12-18)13-29-8-6-25(7-9-29)15-30(19-3-4-19)24(31)14-32-25;3-2(4,5)1(6)7/h2,5,10-12,19H,3-4,6-9,13-15H2,1H3;(H,6,7). The molecule has 3 aliphatic rings. The van der Waals surface area contributed by atoms with Crippen molar-refractivity contribution in [3.8, 4) is 11.1 Å². The summed E-state index contributed by atoms with van der Waals surface area (Å²) in [5.41, 5.74) is 1.11. The molecule has 2 aromatic rings. The van der Waals surface area contributed by atoms with Gasteiger partial charge >= 0.3 is 12.1 Å². The molecule has 1 saturated carbocycles. The first-order valence-corrected chi connectivity index (χ1v) is 12.5. The van der Waals surface area contributed by atoms with Crippen LogP contribution in [0.15, 0.2) is 30.3 Å². The van der Waals surface area contributed by atoms with Gasteiger partial charge in [0.2, 0.25) is 5.91 Å². The number of benzene rings is 2. The fourth-order valence-corrected chi connectivity index (χ4v) is 4.85.